The van der Waals surface area contributed by atoms with Gasteiger partial charge >= 0.3 is 8.80 Å². The molecule has 0 radical (unpaired) electrons. The maximum atomic E-state index is 5.96. The van der Waals surface area contributed by atoms with Crippen LogP contribution in [0.5, 0.6) is 0 Å². The van der Waals surface area contributed by atoms with Crippen molar-refractivity contribution in [2.24, 2.45) is 0 Å². The fourth-order valence-corrected chi connectivity index (χ4v) is 4.33. The maximum absolute atomic E-state index is 5.96. The van der Waals surface area contributed by atoms with E-state index in [1.807, 2.05) is 34.6 Å². The highest BCUT2D eigenvalue weighted by Gasteiger charge is 2.49. The first-order valence-electron chi connectivity index (χ1n) is 6.73. The van der Waals surface area contributed by atoms with Gasteiger partial charge in [0.15, 0.2) is 0 Å². The van der Waals surface area contributed by atoms with Crippen LogP contribution in [0.3, 0.4) is 0 Å². The molecule has 0 aromatic carbocycles. The van der Waals surface area contributed by atoms with Crippen LogP contribution in [0.4, 0.5) is 0 Å². The van der Waals surface area contributed by atoms with E-state index in [9.17, 15) is 0 Å². The first-order chi connectivity index (χ1) is 8.54. The zero-order valence-corrected chi connectivity index (χ0v) is 13.1. The molecule has 0 aliphatic carbocycles. The molecule has 6 heteroatoms. The summed E-state index contributed by atoms with van der Waals surface area (Å²) in [6.45, 7) is 12.3. The Hall–Kier alpha value is 0.0169. The summed E-state index contributed by atoms with van der Waals surface area (Å²) in [7, 11) is -2.78. The molecular weight excluding hydrogens is 252 g/mol. The van der Waals surface area contributed by atoms with E-state index in [4.69, 9.17) is 22.8 Å². The molecule has 0 spiro atoms. The molecule has 0 amide bonds. The van der Waals surface area contributed by atoms with Crippen molar-refractivity contribution in [2.75, 3.05) is 26.4 Å². The molecule has 1 aliphatic heterocycles. The highest BCUT2D eigenvalue weighted by atomic mass is 28.4. The van der Waals surface area contributed by atoms with Crippen molar-refractivity contribution in [2.45, 2.75) is 52.6 Å². The van der Waals surface area contributed by atoms with Crippen molar-refractivity contribution >= 4 is 8.80 Å². The molecule has 2 atom stereocenters. The van der Waals surface area contributed by atoms with Crippen LogP contribution in [-0.2, 0) is 22.8 Å². The SMILES string of the molecule is CCO[Si](OCC)(OC(C)C)C(C)OCC1CO1. The highest BCUT2D eigenvalue weighted by molar-refractivity contribution is 6.62. The summed E-state index contributed by atoms with van der Waals surface area (Å²) in [6, 6.07) is 0. The second-order valence-corrected chi connectivity index (χ2v) is 7.40. The number of hydrogen-bond donors (Lipinski definition) is 0. The topological polar surface area (TPSA) is 49.5 Å². The molecule has 1 fully saturated rings. The largest absolute Gasteiger partial charge is 0.531 e. The number of hydrogen-bond acceptors (Lipinski definition) is 5. The van der Waals surface area contributed by atoms with Gasteiger partial charge < -0.3 is 22.8 Å². The molecule has 18 heavy (non-hydrogen) atoms. The third-order valence-corrected chi connectivity index (χ3v) is 5.87. The summed E-state index contributed by atoms with van der Waals surface area (Å²) in [6.07, 6.45) is 0.291. The molecule has 0 aromatic rings. The fraction of sp³-hybridized carbons (Fsp3) is 1.00. The predicted molar refractivity (Wildman–Crippen MR) is 70.4 cm³/mol. The standard InChI is InChI=1S/C12H26O5Si/c1-6-15-18(16-7-2,17-10(3)4)11(5)13-8-12-9-14-12/h10-12H,6-9H2,1-5H3. The molecule has 0 saturated carbocycles. The Bertz CT molecular complexity index is 227. The van der Waals surface area contributed by atoms with Crippen LogP contribution >= 0.6 is 0 Å². The first kappa shape index (κ1) is 16.1. The lowest BCUT2D eigenvalue weighted by molar-refractivity contribution is -0.0210. The first-order valence-corrected chi connectivity index (χ1v) is 8.53. The Labute approximate surface area is 111 Å². The van der Waals surface area contributed by atoms with Crippen molar-refractivity contribution in [3.8, 4) is 0 Å². The van der Waals surface area contributed by atoms with Crippen LogP contribution in [0.15, 0.2) is 0 Å². The van der Waals surface area contributed by atoms with Crippen molar-refractivity contribution < 1.29 is 22.8 Å². The van der Waals surface area contributed by atoms with Crippen LogP contribution < -0.4 is 0 Å². The van der Waals surface area contributed by atoms with Gasteiger partial charge in [-0.2, -0.15) is 0 Å². The maximum Gasteiger partial charge on any atom is 0.531 e. The lowest BCUT2D eigenvalue weighted by atomic mass is 10.5. The fourth-order valence-electron chi connectivity index (χ4n) is 1.69. The number of epoxide rings is 1. The normalized spacial score (nSPS) is 21.3. The summed E-state index contributed by atoms with van der Waals surface area (Å²) in [5.74, 6) is 0. The molecule has 0 aromatic heterocycles. The van der Waals surface area contributed by atoms with Gasteiger partial charge in [0.1, 0.15) is 11.8 Å². The molecule has 1 heterocycles. The third-order valence-electron chi connectivity index (χ3n) is 2.52. The van der Waals surface area contributed by atoms with Gasteiger partial charge in [-0.3, -0.25) is 0 Å². The van der Waals surface area contributed by atoms with E-state index >= 15 is 0 Å². The van der Waals surface area contributed by atoms with Crippen molar-refractivity contribution in [3.05, 3.63) is 0 Å². The predicted octanol–water partition coefficient (Wildman–Crippen LogP) is 1.77. The van der Waals surface area contributed by atoms with E-state index in [-0.39, 0.29) is 17.9 Å². The van der Waals surface area contributed by atoms with Crippen LogP contribution in [0, 0.1) is 0 Å². The molecule has 1 rings (SSSR count). The Kier molecular flexibility index (Phi) is 6.76. The molecule has 108 valence electrons. The zero-order valence-electron chi connectivity index (χ0n) is 12.1. The van der Waals surface area contributed by atoms with Gasteiger partial charge in [0, 0.05) is 19.3 Å². The van der Waals surface area contributed by atoms with Crippen molar-refractivity contribution in [1.82, 2.24) is 0 Å². The van der Waals surface area contributed by atoms with Crippen LogP contribution in [0.25, 0.3) is 0 Å². The minimum Gasteiger partial charge on any atom is -0.372 e. The Balaban J connectivity index is 2.62. The van der Waals surface area contributed by atoms with E-state index in [2.05, 4.69) is 0 Å². The van der Waals surface area contributed by atoms with Gasteiger partial charge in [-0.05, 0) is 34.6 Å². The average molecular weight is 278 g/mol. The lowest BCUT2D eigenvalue weighted by Crippen LogP contribution is -2.57. The molecule has 0 N–H and O–H groups in total. The molecule has 0 bridgehead atoms. The summed E-state index contributed by atoms with van der Waals surface area (Å²) in [4.78, 5) is 0. The Morgan fingerprint density at radius 2 is 1.72 bits per heavy atom. The quantitative estimate of drug-likeness (QED) is 0.450. The lowest BCUT2D eigenvalue weighted by Gasteiger charge is -2.34. The van der Waals surface area contributed by atoms with E-state index in [0.717, 1.165) is 6.61 Å². The monoisotopic (exact) mass is 278 g/mol. The van der Waals surface area contributed by atoms with E-state index in [1.165, 1.54) is 0 Å². The Morgan fingerprint density at radius 1 is 1.17 bits per heavy atom. The Morgan fingerprint density at radius 3 is 2.11 bits per heavy atom. The van der Waals surface area contributed by atoms with E-state index in [0.29, 0.717) is 19.8 Å². The van der Waals surface area contributed by atoms with Crippen molar-refractivity contribution in [1.29, 1.82) is 0 Å². The highest BCUT2D eigenvalue weighted by Crippen LogP contribution is 2.21. The third kappa shape index (κ3) is 4.95. The minimum atomic E-state index is -2.78. The zero-order chi connectivity index (χ0) is 13.6. The molecule has 2 unspecified atom stereocenters. The number of rotatable bonds is 10. The summed E-state index contributed by atoms with van der Waals surface area (Å²) < 4.78 is 28.5. The molecule has 1 saturated heterocycles. The van der Waals surface area contributed by atoms with Gasteiger partial charge in [-0.25, -0.2) is 0 Å². The van der Waals surface area contributed by atoms with Crippen LogP contribution in [0.1, 0.15) is 34.6 Å². The summed E-state index contributed by atoms with van der Waals surface area (Å²) >= 11 is 0. The molecule has 5 nitrogen and oxygen atoms in total. The van der Waals surface area contributed by atoms with E-state index in [1.54, 1.807) is 0 Å². The van der Waals surface area contributed by atoms with Crippen LogP contribution in [-0.4, -0.2) is 53.2 Å². The van der Waals surface area contributed by atoms with Gasteiger partial charge in [-0.15, -0.1) is 0 Å². The van der Waals surface area contributed by atoms with Crippen molar-refractivity contribution in [3.63, 3.8) is 0 Å². The molecular formula is C12H26O5Si. The van der Waals surface area contributed by atoms with Gasteiger partial charge in [0.05, 0.1) is 13.2 Å². The number of ether oxygens (including phenoxy) is 2. The van der Waals surface area contributed by atoms with Crippen LogP contribution in [0.2, 0.25) is 0 Å². The second-order valence-electron chi connectivity index (χ2n) is 4.57. The molecule has 1 aliphatic rings. The smallest absolute Gasteiger partial charge is 0.372 e. The second kappa shape index (κ2) is 7.57. The van der Waals surface area contributed by atoms with Gasteiger partial charge in [-0.1, -0.05) is 0 Å². The average Bonchev–Trinajstić information content (AvgIpc) is 3.09. The van der Waals surface area contributed by atoms with E-state index < -0.39 is 8.80 Å². The van der Waals surface area contributed by atoms with Gasteiger partial charge in [0.2, 0.25) is 0 Å². The summed E-state index contributed by atoms with van der Waals surface area (Å²) in [5.41, 5.74) is -0.177. The van der Waals surface area contributed by atoms with Gasteiger partial charge in [0.25, 0.3) is 0 Å². The summed E-state index contributed by atoms with van der Waals surface area (Å²) in [5, 5.41) is 0. The minimum absolute atomic E-state index is 0.0537.